The molecule has 8 amide bonds. The second-order valence-electron chi connectivity index (χ2n) is 20.2. The number of hydrogen-bond donors (Lipinski definition) is 6. The van der Waals surface area contributed by atoms with Gasteiger partial charge in [0.05, 0.1) is 64.7 Å². The summed E-state index contributed by atoms with van der Waals surface area (Å²) < 4.78 is 176. The minimum atomic E-state index is -5.25. The largest absolute Gasteiger partial charge is 0.494 e. The molecule has 0 spiro atoms. The van der Waals surface area contributed by atoms with Crippen LogP contribution in [-0.2, 0) is 25.3 Å². The minimum absolute atomic E-state index is 0.00356. The molecule has 8 rings (SSSR count). The fourth-order valence-corrected chi connectivity index (χ4v) is 7.64. The summed E-state index contributed by atoms with van der Waals surface area (Å²) in [5.74, 6) is -11.8. The molecule has 0 saturated carbocycles. The highest BCUT2D eigenvalue weighted by atomic mass is 19.4. The second-order valence-corrected chi connectivity index (χ2v) is 20.2. The average molecular weight is 1390 g/mol. The van der Waals surface area contributed by atoms with Gasteiger partial charge in [-0.3, -0.25) is 49.0 Å². The van der Waals surface area contributed by atoms with E-state index in [0.717, 1.165) is 36.4 Å². The first-order valence-electron chi connectivity index (χ1n) is 27.3. The zero-order chi connectivity index (χ0) is 73.0. The SMILES string of the molecule is CC(C)(C)OC(=O)Nc1ccc(NC(=O)c2ccno2)cc1.COc1cc(NC(=O)c2ccccc2F)ccc1NC(=O)C(F)(F)F.COc1cc(NC(C)=O)ccc1NC(=O)C(F)(F)F.O=C(c1ccccc1F)N(C(=O)c1ccccc1F)c1ccc([N+](=O)[O-])cc1C(F)(F)F. The van der Waals surface area contributed by atoms with E-state index in [9.17, 15) is 101 Å². The van der Waals surface area contributed by atoms with E-state index in [0.29, 0.717) is 29.2 Å². The number of amides is 8. The van der Waals surface area contributed by atoms with Crippen molar-refractivity contribution < 1.29 is 115 Å². The van der Waals surface area contributed by atoms with Crippen LogP contribution in [0.25, 0.3) is 0 Å². The Labute approximate surface area is 545 Å². The maximum Gasteiger partial charge on any atom is 0.471 e. The number of halogens is 12. The zero-order valence-electron chi connectivity index (χ0n) is 51.2. The number of nitrogens with zero attached hydrogens (tertiary/aromatic N) is 3. The van der Waals surface area contributed by atoms with Crippen molar-refractivity contribution in [2.45, 2.75) is 51.8 Å². The third kappa shape index (κ3) is 22.4. The number of nitro groups is 1. The third-order valence-corrected chi connectivity index (χ3v) is 11.9. The van der Waals surface area contributed by atoms with Gasteiger partial charge in [0.25, 0.3) is 29.3 Å². The molecule has 0 aliphatic carbocycles. The van der Waals surface area contributed by atoms with Crippen LogP contribution >= 0.6 is 0 Å². The van der Waals surface area contributed by atoms with Crippen LogP contribution in [-0.4, -0.2) is 89.7 Å². The van der Waals surface area contributed by atoms with Crippen LogP contribution in [0.1, 0.15) is 74.9 Å². The second kappa shape index (κ2) is 33.2. The number of benzene rings is 7. The van der Waals surface area contributed by atoms with Crippen molar-refractivity contribution in [1.29, 1.82) is 0 Å². The van der Waals surface area contributed by atoms with Crippen molar-refractivity contribution in [3.05, 3.63) is 220 Å². The predicted octanol–water partition coefficient (Wildman–Crippen LogP) is 14.4. The molecule has 0 atom stereocenters. The summed E-state index contributed by atoms with van der Waals surface area (Å²) in [5.41, 5.74) is -4.82. The Bertz CT molecular complexity index is 4170. The van der Waals surface area contributed by atoms with E-state index in [1.54, 1.807) is 55.7 Å². The molecule has 1 heterocycles. The minimum Gasteiger partial charge on any atom is -0.494 e. The quantitative estimate of drug-likeness (QED) is 0.0255. The molecular weight excluding hydrogens is 1330 g/mol. The number of hydrogen-bond acceptors (Lipinski definition) is 15. The predicted molar refractivity (Wildman–Crippen MR) is 327 cm³/mol. The van der Waals surface area contributed by atoms with Gasteiger partial charge in [0, 0.05) is 60.0 Å². The molecule has 7 aromatic carbocycles. The lowest BCUT2D eigenvalue weighted by Gasteiger charge is -2.25. The van der Waals surface area contributed by atoms with Crippen LogP contribution in [0.2, 0.25) is 0 Å². The number of rotatable bonds is 14. The number of non-ortho nitro benzene ring substituents is 1. The van der Waals surface area contributed by atoms with Crippen molar-refractivity contribution in [3.63, 3.8) is 0 Å². The van der Waals surface area contributed by atoms with Crippen molar-refractivity contribution in [2.24, 2.45) is 0 Å². The molecule has 23 nitrogen and oxygen atoms in total. The van der Waals surface area contributed by atoms with Crippen LogP contribution < -0.4 is 46.3 Å². The van der Waals surface area contributed by atoms with Gasteiger partial charge in [-0.1, -0.05) is 41.6 Å². The van der Waals surface area contributed by atoms with Crippen molar-refractivity contribution in [3.8, 4) is 11.5 Å². The summed E-state index contributed by atoms with van der Waals surface area (Å²) in [6.45, 7) is 6.64. The van der Waals surface area contributed by atoms with Crippen LogP contribution in [0.3, 0.4) is 0 Å². The first kappa shape index (κ1) is 76.4. The molecule has 0 aliphatic rings. The summed E-state index contributed by atoms with van der Waals surface area (Å²) in [6.07, 6.45) is -14.4. The molecule has 6 N–H and O–H groups in total. The van der Waals surface area contributed by atoms with E-state index < -0.39 is 116 Å². The number of carbonyl (C=O) groups is 8. The van der Waals surface area contributed by atoms with E-state index in [4.69, 9.17) is 18.7 Å². The molecule has 0 unspecified atom stereocenters. The van der Waals surface area contributed by atoms with E-state index >= 15 is 0 Å². The number of nitro benzene ring substituents is 1. The van der Waals surface area contributed by atoms with Gasteiger partial charge in [0.2, 0.25) is 11.7 Å². The number of carbonyl (C=O) groups excluding carboxylic acids is 8. The Hall–Kier alpha value is -12.3. The highest BCUT2D eigenvalue weighted by Gasteiger charge is 2.42. The first-order valence-corrected chi connectivity index (χ1v) is 27.3. The van der Waals surface area contributed by atoms with Crippen LogP contribution in [0.15, 0.2) is 168 Å². The smallest absolute Gasteiger partial charge is 0.471 e. The highest BCUT2D eigenvalue weighted by molar-refractivity contribution is 6.26. The maximum absolute atomic E-state index is 14.2. The Morgan fingerprint density at radius 3 is 1.32 bits per heavy atom. The average Bonchev–Trinajstić information content (AvgIpc) is 0.821. The molecule has 98 heavy (non-hydrogen) atoms. The number of imide groups is 1. The first-order chi connectivity index (χ1) is 45.8. The molecule has 516 valence electrons. The summed E-state index contributed by atoms with van der Waals surface area (Å²) >= 11 is 0. The summed E-state index contributed by atoms with van der Waals surface area (Å²) in [7, 11) is 2.41. The van der Waals surface area contributed by atoms with Crippen molar-refractivity contribution in [1.82, 2.24) is 5.16 Å². The molecule has 35 heteroatoms. The molecule has 0 fully saturated rings. The van der Waals surface area contributed by atoms with Gasteiger partial charge in [0.1, 0.15) is 34.6 Å². The van der Waals surface area contributed by atoms with Gasteiger partial charge in [-0.05, 0) is 112 Å². The van der Waals surface area contributed by atoms with Gasteiger partial charge >= 0.3 is 36.4 Å². The van der Waals surface area contributed by atoms with Crippen LogP contribution in [0, 0.1) is 27.6 Å². The fourth-order valence-electron chi connectivity index (χ4n) is 7.64. The highest BCUT2D eigenvalue weighted by Crippen LogP contribution is 2.40. The topological polar surface area (TPSA) is 309 Å². The number of alkyl halides is 9. The Morgan fingerprint density at radius 2 is 0.929 bits per heavy atom. The van der Waals surface area contributed by atoms with Crippen LogP contribution in [0.4, 0.5) is 103 Å². The van der Waals surface area contributed by atoms with Crippen molar-refractivity contribution >= 4 is 92.9 Å². The van der Waals surface area contributed by atoms with Gasteiger partial charge in [-0.2, -0.15) is 39.5 Å². The molecule has 0 aliphatic heterocycles. The van der Waals surface area contributed by atoms with Crippen molar-refractivity contribution in [2.75, 3.05) is 51.0 Å². The standard InChI is InChI=1S/C21H11F5N2O4.C16H12F4N2O3.C15H17N3O4.C11H11F3N2O3/c22-16-7-3-1-5-13(16)19(29)27(20(30)14-6-2-4-8-17(14)23)18-10-9-12(28(31)32)11-15(18)21(24,25)26;1-25-13-8-9(6-7-12(13)22-15(24)16(18,19)20)21-14(23)10-4-2-3-5-11(10)17;1-15(2,3)21-14(20)18-11-6-4-10(5-7-11)17-13(19)12-8-9-16-22-12;1-6(17)15-7-3-4-8(9(5-7)19-2)16-10(18)11(12,13)14/h1-11H;2-8H,1H3,(H,21,23)(H,22,24);4-9H,1-3H3,(H,17,19)(H,18,20);3-5H,1-2H3,(H,15,17)(H,16,18). The molecule has 0 radical (unpaired) electrons. The van der Waals surface area contributed by atoms with Gasteiger partial charge < -0.3 is 45.3 Å². The molecule has 1 aromatic heterocycles. The van der Waals surface area contributed by atoms with E-state index in [1.165, 1.54) is 106 Å². The fraction of sp³-hybridized carbons (Fsp3) is 0.159. The van der Waals surface area contributed by atoms with Gasteiger partial charge in [0.15, 0.2) is 0 Å². The summed E-state index contributed by atoms with van der Waals surface area (Å²) in [4.78, 5) is 104. The molecular formula is C63H51F12N9O14. The van der Waals surface area contributed by atoms with Crippen LogP contribution in [0.5, 0.6) is 11.5 Å². The maximum atomic E-state index is 14.2. The van der Waals surface area contributed by atoms with Gasteiger partial charge in [-0.15, -0.1) is 0 Å². The number of anilines is 7. The number of nitrogens with one attached hydrogen (secondary N) is 6. The van der Waals surface area contributed by atoms with Gasteiger partial charge in [-0.25, -0.2) is 22.9 Å². The monoisotopic (exact) mass is 1390 g/mol. The Morgan fingerprint density at radius 1 is 0.510 bits per heavy atom. The van der Waals surface area contributed by atoms with E-state index in [2.05, 4.69) is 26.4 Å². The summed E-state index contributed by atoms with van der Waals surface area (Å²) in [6, 6.07) is 30.5. The lowest BCUT2D eigenvalue weighted by atomic mass is 10.1. The third-order valence-electron chi connectivity index (χ3n) is 11.9. The Balaban J connectivity index is 0.000000240. The normalized spacial score (nSPS) is 11.0. The molecule has 0 bridgehead atoms. The lowest BCUT2D eigenvalue weighted by Crippen LogP contribution is -2.39. The number of aromatic nitrogens is 1. The number of ether oxygens (including phenoxy) is 3. The number of methoxy groups -OCH3 is 2. The van der Waals surface area contributed by atoms with E-state index in [-0.39, 0.29) is 56.8 Å². The molecule has 0 saturated heterocycles. The zero-order valence-corrected chi connectivity index (χ0v) is 51.2. The molecule has 8 aromatic rings. The lowest BCUT2D eigenvalue weighted by molar-refractivity contribution is -0.385. The Kier molecular flexibility index (Phi) is 25.9. The van der Waals surface area contributed by atoms with E-state index in [1.807, 2.05) is 0 Å². The summed E-state index contributed by atoms with van der Waals surface area (Å²) in [5, 5.41) is 27.8.